The number of aromatic amines is 1. The van der Waals surface area contributed by atoms with Crippen molar-refractivity contribution in [2.24, 2.45) is 29.6 Å². The van der Waals surface area contributed by atoms with Crippen molar-refractivity contribution in [3.8, 4) is 11.8 Å². The number of hydrogen-bond donors (Lipinski definition) is 4. The SMILES string of the molecule is COc1cccc2[nH]c(C(=O)N[C@@H](CC3CC3)C(=O)N[C@@]3(C#N)C[C@H](C)[C@H]4CNC(=O)[C@@H]4[C@@H]3C)cc12. The van der Waals surface area contributed by atoms with Gasteiger partial charge in [0.15, 0.2) is 0 Å². The second-order valence-electron chi connectivity index (χ2n) is 10.8. The molecule has 0 spiro atoms. The molecule has 1 aromatic heterocycles. The monoisotopic (exact) mass is 491 g/mol. The summed E-state index contributed by atoms with van der Waals surface area (Å²) in [7, 11) is 1.58. The molecule has 1 aliphatic heterocycles. The fraction of sp³-hybridized carbons (Fsp3) is 0.556. The number of fused-ring (bicyclic) bond motifs is 2. The molecular weight excluding hydrogens is 458 g/mol. The number of rotatable bonds is 7. The summed E-state index contributed by atoms with van der Waals surface area (Å²) in [6.07, 6.45) is 3.02. The van der Waals surface area contributed by atoms with Gasteiger partial charge in [-0.25, -0.2) is 0 Å². The van der Waals surface area contributed by atoms with Gasteiger partial charge in [-0.2, -0.15) is 5.26 Å². The lowest BCUT2D eigenvalue weighted by molar-refractivity contribution is -0.131. The van der Waals surface area contributed by atoms with Crippen molar-refractivity contribution in [2.75, 3.05) is 13.7 Å². The molecule has 36 heavy (non-hydrogen) atoms. The first kappa shape index (κ1) is 24.2. The van der Waals surface area contributed by atoms with Crippen molar-refractivity contribution in [3.05, 3.63) is 30.0 Å². The summed E-state index contributed by atoms with van der Waals surface area (Å²) in [6, 6.07) is 8.82. The summed E-state index contributed by atoms with van der Waals surface area (Å²) in [4.78, 5) is 42.5. The largest absolute Gasteiger partial charge is 0.496 e. The van der Waals surface area contributed by atoms with Gasteiger partial charge in [0.1, 0.15) is 23.0 Å². The van der Waals surface area contributed by atoms with Gasteiger partial charge < -0.3 is 25.7 Å². The predicted molar refractivity (Wildman–Crippen MR) is 133 cm³/mol. The van der Waals surface area contributed by atoms with Gasteiger partial charge in [-0.1, -0.05) is 32.8 Å². The van der Waals surface area contributed by atoms with Crippen molar-refractivity contribution < 1.29 is 19.1 Å². The smallest absolute Gasteiger partial charge is 0.268 e. The van der Waals surface area contributed by atoms with Crippen molar-refractivity contribution >= 4 is 28.6 Å². The summed E-state index contributed by atoms with van der Waals surface area (Å²) >= 11 is 0. The summed E-state index contributed by atoms with van der Waals surface area (Å²) in [5.41, 5.74) is -0.0656. The molecule has 3 amide bonds. The summed E-state index contributed by atoms with van der Waals surface area (Å²) in [5, 5.41) is 19.9. The molecule has 4 N–H and O–H groups in total. The molecule has 2 saturated carbocycles. The van der Waals surface area contributed by atoms with Crippen LogP contribution in [-0.4, -0.2) is 47.9 Å². The van der Waals surface area contributed by atoms with Gasteiger partial charge in [0.05, 0.1) is 13.2 Å². The van der Waals surface area contributed by atoms with Crippen LogP contribution < -0.4 is 20.7 Å². The number of hydrogen-bond acceptors (Lipinski definition) is 5. The lowest BCUT2D eigenvalue weighted by Gasteiger charge is -2.46. The van der Waals surface area contributed by atoms with E-state index in [1.807, 2.05) is 32.0 Å². The lowest BCUT2D eigenvalue weighted by atomic mass is 9.60. The van der Waals surface area contributed by atoms with Crippen LogP contribution in [-0.2, 0) is 9.59 Å². The van der Waals surface area contributed by atoms with E-state index in [1.54, 1.807) is 13.2 Å². The molecule has 3 aliphatic rings. The molecule has 9 heteroatoms. The van der Waals surface area contributed by atoms with Crippen LogP contribution >= 0.6 is 0 Å². The van der Waals surface area contributed by atoms with Crippen LogP contribution in [0.25, 0.3) is 10.9 Å². The van der Waals surface area contributed by atoms with Crippen LogP contribution in [0.1, 0.15) is 50.0 Å². The van der Waals surface area contributed by atoms with Gasteiger partial charge in [0, 0.05) is 29.3 Å². The topological polar surface area (TPSA) is 136 Å². The Kier molecular flexibility index (Phi) is 6.15. The van der Waals surface area contributed by atoms with E-state index in [0.29, 0.717) is 36.7 Å². The van der Waals surface area contributed by atoms with Gasteiger partial charge in [-0.15, -0.1) is 0 Å². The van der Waals surface area contributed by atoms with Gasteiger partial charge >= 0.3 is 0 Å². The molecule has 1 saturated heterocycles. The quantitative estimate of drug-likeness (QED) is 0.472. The number of ether oxygens (including phenoxy) is 1. The Hall–Kier alpha value is -3.54. The third kappa shape index (κ3) is 4.19. The number of nitriles is 1. The number of methoxy groups -OCH3 is 1. The Balaban J connectivity index is 1.36. The van der Waals surface area contributed by atoms with E-state index in [0.717, 1.165) is 23.7 Å². The highest BCUT2D eigenvalue weighted by molar-refractivity contribution is 6.01. The Labute approximate surface area is 210 Å². The number of H-pyrrole nitrogens is 1. The molecule has 2 aliphatic carbocycles. The van der Waals surface area contributed by atoms with Crippen molar-refractivity contribution in [3.63, 3.8) is 0 Å². The molecule has 5 rings (SSSR count). The zero-order valence-electron chi connectivity index (χ0n) is 20.9. The van der Waals surface area contributed by atoms with Crippen LogP contribution in [0.5, 0.6) is 5.75 Å². The Morgan fingerprint density at radius 3 is 2.78 bits per heavy atom. The van der Waals surface area contributed by atoms with E-state index in [2.05, 4.69) is 27.0 Å². The molecule has 1 aromatic carbocycles. The van der Waals surface area contributed by atoms with E-state index in [9.17, 15) is 19.6 Å². The predicted octanol–water partition coefficient (Wildman–Crippen LogP) is 2.49. The minimum Gasteiger partial charge on any atom is -0.496 e. The molecule has 9 nitrogen and oxygen atoms in total. The Bertz CT molecular complexity index is 1240. The molecule has 190 valence electrons. The zero-order chi connectivity index (χ0) is 25.6. The van der Waals surface area contributed by atoms with E-state index >= 15 is 0 Å². The maximum atomic E-state index is 13.6. The van der Waals surface area contributed by atoms with Gasteiger partial charge in [0.25, 0.3) is 5.91 Å². The van der Waals surface area contributed by atoms with Crippen LogP contribution in [0, 0.1) is 40.9 Å². The highest BCUT2D eigenvalue weighted by atomic mass is 16.5. The number of benzene rings is 1. The second kappa shape index (κ2) is 9.16. The van der Waals surface area contributed by atoms with E-state index in [4.69, 9.17) is 4.74 Å². The number of nitrogens with zero attached hydrogens (tertiary/aromatic N) is 1. The highest BCUT2D eigenvalue weighted by Crippen LogP contribution is 2.46. The third-order valence-corrected chi connectivity index (χ3v) is 8.49. The second-order valence-corrected chi connectivity index (χ2v) is 10.8. The Morgan fingerprint density at radius 2 is 2.08 bits per heavy atom. The first-order chi connectivity index (χ1) is 17.3. The lowest BCUT2D eigenvalue weighted by Crippen LogP contribution is -2.63. The number of nitrogens with one attached hydrogen (secondary N) is 4. The van der Waals surface area contributed by atoms with E-state index < -0.39 is 11.6 Å². The summed E-state index contributed by atoms with van der Waals surface area (Å²) in [6.45, 7) is 4.53. The number of aromatic nitrogens is 1. The average molecular weight is 492 g/mol. The molecule has 0 bridgehead atoms. The molecule has 6 atom stereocenters. The Morgan fingerprint density at radius 1 is 1.31 bits per heavy atom. The van der Waals surface area contributed by atoms with Crippen molar-refractivity contribution in [2.45, 2.75) is 51.1 Å². The van der Waals surface area contributed by atoms with Crippen molar-refractivity contribution in [1.82, 2.24) is 20.9 Å². The maximum absolute atomic E-state index is 13.6. The van der Waals surface area contributed by atoms with E-state index in [-0.39, 0.29) is 41.4 Å². The van der Waals surface area contributed by atoms with Crippen LogP contribution in [0.2, 0.25) is 0 Å². The van der Waals surface area contributed by atoms with Crippen molar-refractivity contribution in [1.29, 1.82) is 5.26 Å². The summed E-state index contributed by atoms with van der Waals surface area (Å²) < 4.78 is 5.39. The number of carbonyl (C=O) groups excluding carboxylic acids is 3. The van der Waals surface area contributed by atoms with E-state index in [1.165, 1.54) is 0 Å². The molecule has 3 fully saturated rings. The zero-order valence-corrected chi connectivity index (χ0v) is 20.9. The molecular formula is C27H33N5O4. The minimum atomic E-state index is -1.17. The average Bonchev–Trinajstić information content (AvgIpc) is 3.42. The van der Waals surface area contributed by atoms with Gasteiger partial charge in [0.2, 0.25) is 11.8 Å². The molecule has 0 unspecified atom stereocenters. The minimum absolute atomic E-state index is 0.0509. The fourth-order valence-electron chi connectivity index (χ4n) is 6.19. The van der Waals surface area contributed by atoms with Crippen LogP contribution in [0.4, 0.5) is 0 Å². The molecule has 2 aromatic rings. The normalized spacial score (nSPS) is 30.1. The van der Waals surface area contributed by atoms with Crippen LogP contribution in [0.3, 0.4) is 0 Å². The first-order valence-corrected chi connectivity index (χ1v) is 12.7. The number of amides is 3. The van der Waals surface area contributed by atoms with Crippen LogP contribution in [0.15, 0.2) is 24.3 Å². The molecule has 0 radical (unpaired) electrons. The highest BCUT2D eigenvalue weighted by Gasteiger charge is 2.56. The maximum Gasteiger partial charge on any atom is 0.268 e. The van der Waals surface area contributed by atoms with Gasteiger partial charge in [-0.3, -0.25) is 14.4 Å². The fourth-order valence-corrected chi connectivity index (χ4v) is 6.19. The third-order valence-electron chi connectivity index (χ3n) is 8.49. The molecule has 2 heterocycles. The standard InChI is InChI=1S/C27H33N5O4/c1-14-11-27(13-28,15(2)23-18(14)12-29-26(23)35)32-25(34)20(9-16-7-8-16)31-24(33)21-10-17-19(30-21)5-4-6-22(17)36-3/h4-6,10,14-16,18,20,23,30H,7-9,11-12H2,1-3H3,(H,29,35)(H,31,33)(H,32,34)/t14-,15-,18+,20-,23+,27+/m0/s1. The van der Waals surface area contributed by atoms with Gasteiger partial charge in [-0.05, 0) is 48.8 Å². The number of carbonyl (C=O) groups is 3. The summed E-state index contributed by atoms with van der Waals surface area (Å²) in [5.74, 6) is -0.183. The first-order valence-electron chi connectivity index (χ1n) is 12.7.